The second-order valence-corrected chi connectivity index (χ2v) is 6.57. The van der Waals surface area contributed by atoms with Crippen LogP contribution in [0.25, 0.3) is 0 Å². The van der Waals surface area contributed by atoms with Gasteiger partial charge in [0.2, 0.25) is 5.91 Å². The molecule has 0 saturated carbocycles. The summed E-state index contributed by atoms with van der Waals surface area (Å²) in [7, 11) is 0. The van der Waals surface area contributed by atoms with Gasteiger partial charge in [-0.2, -0.15) is 0 Å². The molecule has 2 aromatic rings. The Morgan fingerprint density at radius 3 is 2.57 bits per heavy atom. The van der Waals surface area contributed by atoms with Crippen LogP contribution in [0, 0.1) is 13.8 Å². The van der Waals surface area contributed by atoms with Crippen molar-refractivity contribution in [3.05, 3.63) is 65.2 Å². The number of rotatable bonds is 5. The van der Waals surface area contributed by atoms with Gasteiger partial charge in [-0.3, -0.25) is 4.79 Å². The molecule has 0 aliphatic rings. The Kier molecular flexibility index (Phi) is 5.45. The average Bonchev–Trinajstić information content (AvgIpc) is 2.49. The minimum absolute atomic E-state index is 0.0523. The maximum absolute atomic E-state index is 12.2. The van der Waals surface area contributed by atoms with Gasteiger partial charge in [0.15, 0.2) is 0 Å². The Hall–Kier alpha value is -1.74. The van der Waals surface area contributed by atoms with Crippen LogP contribution in [-0.2, 0) is 10.5 Å². The molecule has 1 amide bonds. The van der Waals surface area contributed by atoms with Crippen LogP contribution in [0.15, 0.2) is 48.5 Å². The zero-order valence-electron chi connectivity index (χ0n) is 12.7. The molecule has 2 rings (SSSR count). The molecule has 0 aliphatic carbocycles. The van der Waals surface area contributed by atoms with Gasteiger partial charge in [-0.1, -0.05) is 42.0 Å². The Morgan fingerprint density at radius 2 is 1.86 bits per heavy atom. The maximum Gasteiger partial charge on any atom is 0.237 e. The summed E-state index contributed by atoms with van der Waals surface area (Å²) in [5.41, 5.74) is 4.70. The van der Waals surface area contributed by atoms with E-state index in [2.05, 4.69) is 37.4 Å². The van der Waals surface area contributed by atoms with Gasteiger partial charge in [0, 0.05) is 11.4 Å². The van der Waals surface area contributed by atoms with E-state index < -0.39 is 0 Å². The predicted molar refractivity (Wildman–Crippen MR) is 91.7 cm³/mol. The molecule has 2 aromatic carbocycles. The summed E-state index contributed by atoms with van der Waals surface area (Å²) in [6, 6.07) is 16.0. The zero-order valence-corrected chi connectivity index (χ0v) is 13.5. The third-order valence-corrected chi connectivity index (χ3v) is 4.60. The van der Waals surface area contributed by atoms with Crippen molar-refractivity contribution >= 4 is 23.4 Å². The van der Waals surface area contributed by atoms with E-state index in [0.29, 0.717) is 0 Å². The van der Waals surface area contributed by atoms with E-state index in [0.717, 1.165) is 11.4 Å². The Balaban J connectivity index is 1.90. The number of carbonyl (C=O) groups excluding carboxylic acids is 1. The molecule has 21 heavy (non-hydrogen) atoms. The summed E-state index contributed by atoms with van der Waals surface area (Å²) < 4.78 is 0. The predicted octanol–water partition coefficient (Wildman–Crippen LogP) is 4.56. The highest BCUT2D eigenvalue weighted by Crippen LogP contribution is 2.22. The number of para-hydroxylation sites is 1. The molecule has 0 aliphatic heterocycles. The smallest absolute Gasteiger partial charge is 0.237 e. The van der Waals surface area contributed by atoms with E-state index in [-0.39, 0.29) is 11.2 Å². The Morgan fingerprint density at radius 1 is 1.14 bits per heavy atom. The SMILES string of the molecule is Cc1ccc(C)c(CSC(C)C(=O)Nc2ccccc2)c1. The second-order valence-electron chi connectivity index (χ2n) is 5.24. The topological polar surface area (TPSA) is 29.1 Å². The number of aryl methyl sites for hydroxylation is 2. The van der Waals surface area contributed by atoms with Gasteiger partial charge in [-0.15, -0.1) is 11.8 Å². The van der Waals surface area contributed by atoms with Crippen LogP contribution in [-0.4, -0.2) is 11.2 Å². The highest BCUT2D eigenvalue weighted by atomic mass is 32.2. The fraction of sp³-hybridized carbons (Fsp3) is 0.278. The van der Waals surface area contributed by atoms with E-state index in [1.165, 1.54) is 16.7 Å². The van der Waals surface area contributed by atoms with Gasteiger partial charge in [0.1, 0.15) is 0 Å². The molecule has 1 N–H and O–H groups in total. The molecule has 0 heterocycles. The fourth-order valence-corrected chi connectivity index (χ4v) is 2.96. The van der Waals surface area contributed by atoms with Gasteiger partial charge in [0.05, 0.1) is 5.25 Å². The number of amides is 1. The van der Waals surface area contributed by atoms with Crippen LogP contribution in [0.4, 0.5) is 5.69 Å². The highest BCUT2D eigenvalue weighted by Gasteiger charge is 2.14. The van der Waals surface area contributed by atoms with Gasteiger partial charge >= 0.3 is 0 Å². The van der Waals surface area contributed by atoms with E-state index >= 15 is 0 Å². The molecule has 0 saturated heterocycles. The lowest BCUT2D eigenvalue weighted by Crippen LogP contribution is -2.22. The van der Waals surface area contributed by atoms with Crippen LogP contribution in [0.5, 0.6) is 0 Å². The first-order valence-corrected chi connectivity index (χ1v) is 8.15. The van der Waals surface area contributed by atoms with Crippen molar-refractivity contribution in [2.45, 2.75) is 31.8 Å². The minimum Gasteiger partial charge on any atom is -0.325 e. The first kappa shape index (κ1) is 15.6. The van der Waals surface area contributed by atoms with E-state index in [4.69, 9.17) is 0 Å². The number of nitrogens with one attached hydrogen (secondary N) is 1. The quantitative estimate of drug-likeness (QED) is 0.876. The molecule has 1 atom stereocenters. The Labute approximate surface area is 131 Å². The number of hydrogen-bond acceptors (Lipinski definition) is 2. The minimum atomic E-state index is -0.0786. The molecule has 2 nitrogen and oxygen atoms in total. The number of benzene rings is 2. The van der Waals surface area contributed by atoms with Crippen LogP contribution in [0.1, 0.15) is 23.6 Å². The monoisotopic (exact) mass is 299 g/mol. The molecule has 0 bridgehead atoms. The number of carbonyl (C=O) groups is 1. The third-order valence-electron chi connectivity index (χ3n) is 3.40. The molecular formula is C18H21NOS. The van der Waals surface area contributed by atoms with E-state index in [1.807, 2.05) is 37.3 Å². The summed E-state index contributed by atoms with van der Waals surface area (Å²) >= 11 is 1.67. The number of anilines is 1. The van der Waals surface area contributed by atoms with Crippen molar-refractivity contribution in [3.8, 4) is 0 Å². The summed E-state index contributed by atoms with van der Waals surface area (Å²) in [6.07, 6.45) is 0. The van der Waals surface area contributed by atoms with Crippen LogP contribution < -0.4 is 5.32 Å². The average molecular weight is 299 g/mol. The van der Waals surface area contributed by atoms with Gasteiger partial charge in [0.25, 0.3) is 0 Å². The first-order valence-electron chi connectivity index (χ1n) is 7.10. The van der Waals surface area contributed by atoms with Crippen molar-refractivity contribution in [1.29, 1.82) is 0 Å². The van der Waals surface area contributed by atoms with Crippen LogP contribution in [0.3, 0.4) is 0 Å². The van der Waals surface area contributed by atoms with Crippen molar-refractivity contribution < 1.29 is 4.79 Å². The molecule has 0 fully saturated rings. The van der Waals surface area contributed by atoms with Crippen molar-refractivity contribution in [1.82, 2.24) is 0 Å². The van der Waals surface area contributed by atoms with Crippen LogP contribution in [0.2, 0.25) is 0 Å². The first-order chi connectivity index (χ1) is 10.1. The third kappa shape index (κ3) is 4.64. The van der Waals surface area contributed by atoms with E-state index in [1.54, 1.807) is 11.8 Å². The lowest BCUT2D eigenvalue weighted by atomic mass is 10.1. The number of thioether (sulfide) groups is 1. The molecule has 1 unspecified atom stereocenters. The Bertz CT molecular complexity index is 610. The highest BCUT2D eigenvalue weighted by molar-refractivity contribution is 7.99. The molecule has 0 radical (unpaired) electrons. The lowest BCUT2D eigenvalue weighted by molar-refractivity contribution is -0.115. The fourth-order valence-electron chi connectivity index (χ4n) is 2.01. The summed E-state index contributed by atoms with van der Waals surface area (Å²) in [5.74, 6) is 0.910. The summed E-state index contributed by atoms with van der Waals surface area (Å²) in [4.78, 5) is 12.2. The molecule has 0 spiro atoms. The molecule has 3 heteroatoms. The van der Waals surface area contributed by atoms with Crippen molar-refractivity contribution in [2.75, 3.05) is 5.32 Å². The normalized spacial score (nSPS) is 12.0. The van der Waals surface area contributed by atoms with E-state index in [9.17, 15) is 4.79 Å². The number of hydrogen-bond donors (Lipinski definition) is 1. The van der Waals surface area contributed by atoms with Crippen molar-refractivity contribution in [3.63, 3.8) is 0 Å². The van der Waals surface area contributed by atoms with Gasteiger partial charge < -0.3 is 5.32 Å². The van der Waals surface area contributed by atoms with Crippen LogP contribution >= 0.6 is 11.8 Å². The molecular weight excluding hydrogens is 278 g/mol. The largest absolute Gasteiger partial charge is 0.325 e. The summed E-state index contributed by atoms with van der Waals surface area (Å²) in [5, 5.41) is 2.87. The standard InChI is InChI=1S/C18H21NOS/c1-13-9-10-14(2)16(11-13)12-21-15(3)18(20)19-17-7-5-4-6-8-17/h4-11,15H,12H2,1-3H3,(H,19,20). The zero-order chi connectivity index (χ0) is 15.2. The van der Waals surface area contributed by atoms with Gasteiger partial charge in [-0.25, -0.2) is 0 Å². The van der Waals surface area contributed by atoms with Crippen molar-refractivity contribution in [2.24, 2.45) is 0 Å². The maximum atomic E-state index is 12.2. The summed E-state index contributed by atoms with van der Waals surface area (Å²) in [6.45, 7) is 6.16. The second kappa shape index (κ2) is 7.32. The molecule has 110 valence electrons. The lowest BCUT2D eigenvalue weighted by Gasteiger charge is -2.13. The molecule has 0 aromatic heterocycles. The van der Waals surface area contributed by atoms with Gasteiger partial charge in [-0.05, 0) is 44.0 Å².